The van der Waals surface area contributed by atoms with Gasteiger partial charge in [0.05, 0.1) is 17.0 Å². The molecular weight excluding hydrogens is 511 g/mol. The van der Waals surface area contributed by atoms with Gasteiger partial charge in [0.25, 0.3) is 0 Å². The summed E-state index contributed by atoms with van der Waals surface area (Å²) in [5, 5.41) is 26.1. The van der Waals surface area contributed by atoms with Crippen molar-refractivity contribution in [1.29, 1.82) is 0 Å². The Hall–Kier alpha value is -3.60. The van der Waals surface area contributed by atoms with Crippen molar-refractivity contribution in [1.82, 2.24) is 25.2 Å². The first-order valence-electron chi connectivity index (χ1n) is 14.1. The van der Waals surface area contributed by atoms with Crippen LogP contribution in [0.4, 0.5) is 10.2 Å². The molecule has 3 fully saturated rings. The van der Waals surface area contributed by atoms with Crippen LogP contribution in [-0.4, -0.2) is 87.6 Å². The number of pyridine rings is 1. The van der Waals surface area contributed by atoms with Crippen LogP contribution < -0.4 is 15.0 Å². The molecule has 4 aromatic rings. The monoisotopic (exact) mass is 544 g/mol. The first-order chi connectivity index (χ1) is 19.5. The maximum absolute atomic E-state index is 16.5. The Balaban J connectivity index is 1.36. The van der Waals surface area contributed by atoms with Gasteiger partial charge in [0.2, 0.25) is 0 Å². The molecule has 0 saturated carbocycles. The van der Waals surface area contributed by atoms with Gasteiger partial charge in [-0.25, -0.2) is 4.39 Å². The summed E-state index contributed by atoms with van der Waals surface area (Å²) in [5.74, 6) is -0.0733. The lowest BCUT2D eigenvalue weighted by atomic mass is 9.95. The normalized spacial score (nSPS) is 21.1. The van der Waals surface area contributed by atoms with E-state index in [-0.39, 0.29) is 28.5 Å². The number of aromatic nitrogens is 3. The number of nitrogens with zero attached hydrogens (tertiary/aromatic N) is 5. The lowest BCUT2D eigenvalue weighted by Gasteiger charge is -2.31. The molecule has 208 valence electrons. The molecule has 0 bridgehead atoms. The van der Waals surface area contributed by atoms with E-state index in [9.17, 15) is 10.2 Å². The molecule has 40 heavy (non-hydrogen) atoms. The van der Waals surface area contributed by atoms with Crippen molar-refractivity contribution >= 4 is 27.5 Å². The van der Waals surface area contributed by atoms with E-state index in [0.717, 1.165) is 49.5 Å². The van der Waals surface area contributed by atoms with Gasteiger partial charge in [0.1, 0.15) is 29.4 Å². The SMILES string of the molecule is Oc1cc(-c2ncc3c(N4CCNCC(O)C4)nc(OCC45CCCN4CCC5)nc3c2F)c2ccccc2c1. The van der Waals surface area contributed by atoms with Gasteiger partial charge < -0.3 is 25.2 Å². The van der Waals surface area contributed by atoms with Crippen LogP contribution in [0.5, 0.6) is 11.8 Å². The molecule has 2 aromatic carbocycles. The third kappa shape index (κ3) is 4.40. The summed E-state index contributed by atoms with van der Waals surface area (Å²) in [7, 11) is 0. The maximum Gasteiger partial charge on any atom is 0.319 e. The fourth-order valence-corrected chi connectivity index (χ4v) is 6.75. The standard InChI is InChI=1S/C30H33FN6O3/c31-25-26(23-14-20(38)13-19-5-1-2-6-22(19)23)33-16-24-27(25)34-29(35-28(24)36-12-9-32-15-21(39)17-36)40-18-30-7-3-10-37(30)11-4-8-30/h1-2,5-6,13-14,16,21,32,38-39H,3-4,7-12,15,17-18H2. The summed E-state index contributed by atoms with van der Waals surface area (Å²) in [6.45, 7) is 4.67. The molecule has 0 spiro atoms. The topological polar surface area (TPSA) is 107 Å². The van der Waals surface area contributed by atoms with Crippen molar-refractivity contribution in [2.24, 2.45) is 0 Å². The molecule has 5 heterocycles. The van der Waals surface area contributed by atoms with Crippen LogP contribution >= 0.6 is 0 Å². The predicted octanol–water partition coefficient (Wildman–Crippen LogP) is 3.47. The molecule has 10 heteroatoms. The molecule has 7 rings (SSSR count). The number of β-amino-alcohol motifs (C(OH)–C–C–N with tert-alkyl or cyclic N) is 1. The number of fused-ring (bicyclic) bond motifs is 3. The van der Waals surface area contributed by atoms with Crippen molar-refractivity contribution in [2.75, 3.05) is 50.8 Å². The molecule has 3 saturated heterocycles. The van der Waals surface area contributed by atoms with Crippen LogP contribution in [0.25, 0.3) is 32.9 Å². The molecule has 1 unspecified atom stereocenters. The first kappa shape index (κ1) is 25.4. The summed E-state index contributed by atoms with van der Waals surface area (Å²) < 4.78 is 22.8. The minimum absolute atomic E-state index is 0.0103. The molecular formula is C30H33FN6O3. The van der Waals surface area contributed by atoms with Gasteiger partial charge in [-0.2, -0.15) is 9.97 Å². The highest BCUT2D eigenvalue weighted by Gasteiger charge is 2.45. The zero-order valence-corrected chi connectivity index (χ0v) is 22.3. The van der Waals surface area contributed by atoms with E-state index in [0.29, 0.717) is 49.6 Å². The van der Waals surface area contributed by atoms with Gasteiger partial charge in [-0.3, -0.25) is 9.88 Å². The number of aromatic hydroxyl groups is 1. The molecule has 3 aliphatic heterocycles. The number of hydrogen-bond donors (Lipinski definition) is 3. The summed E-state index contributed by atoms with van der Waals surface area (Å²) in [4.78, 5) is 18.3. The summed E-state index contributed by atoms with van der Waals surface area (Å²) >= 11 is 0. The van der Waals surface area contributed by atoms with E-state index in [4.69, 9.17) is 9.72 Å². The lowest BCUT2D eigenvalue weighted by Crippen LogP contribution is -2.43. The quantitative estimate of drug-likeness (QED) is 0.348. The number of phenols is 1. The van der Waals surface area contributed by atoms with Gasteiger partial charge in [-0.15, -0.1) is 0 Å². The molecule has 0 radical (unpaired) electrons. The number of phenolic OH excluding ortho intramolecular Hbond substituents is 1. The number of nitrogens with one attached hydrogen (secondary N) is 1. The van der Waals surface area contributed by atoms with Crippen LogP contribution in [0.1, 0.15) is 25.7 Å². The zero-order chi connectivity index (χ0) is 27.3. The number of rotatable bonds is 5. The fraction of sp³-hybridized carbons (Fsp3) is 0.433. The van der Waals surface area contributed by atoms with Gasteiger partial charge in [0, 0.05) is 37.9 Å². The Bertz CT molecular complexity index is 1570. The Kier molecular flexibility index (Phi) is 6.41. The smallest absolute Gasteiger partial charge is 0.319 e. The molecule has 0 aliphatic carbocycles. The minimum atomic E-state index is -0.600. The lowest BCUT2D eigenvalue weighted by molar-refractivity contribution is 0.108. The Morgan fingerprint density at radius 1 is 1.07 bits per heavy atom. The molecule has 2 aromatic heterocycles. The Morgan fingerprint density at radius 2 is 1.90 bits per heavy atom. The van der Waals surface area contributed by atoms with E-state index >= 15 is 4.39 Å². The number of halogens is 1. The fourth-order valence-electron chi connectivity index (χ4n) is 6.75. The Morgan fingerprint density at radius 3 is 2.75 bits per heavy atom. The summed E-state index contributed by atoms with van der Waals surface area (Å²) in [5.41, 5.74) is 0.683. The number of hydrogen-bond acceptors (Lipinski definition) is 9. The van der Waals surface area contributed by atoms with E-state index < -0.39 is 11.9 Å². The molecule has 0 amide bonds. The summed E-state index contributed by atoms with van der Waals surface area (Å²) in [6, 6.07) is 10.8. The second-order valence-electron chi connectivity index (χ2n) is 11.2. The van der Waals surface area contributed by atoms with Crippen molar-refractivity contribution in [2.45, 2.75) is 37.3 Å². The van der Waals surface area contributed by atoms with Crippen molar-refractivity contribution in [3.05, 3.63) is 48.4 Å². The van der Waals surface area contributed by atoms with E-state index in [2.05, 4.69) is 20.2 Å². The number of benzene rings is 2. The molecule has 9 nitrogen and oxygen atoms in total. The van der Waals surface area contributed by atoms with Crippen LogP contribution in [0, 0.1) is 5.82 Å². The van der Waals surface area contributed by atoms with Crippen LogP contribution in [0.3, 0.4) is 0 Å². The molecule has 3 N–H and O–H groups in total. The number of anilines is 1. The minimum Gasteiger partial charge on any atom is -0.508 e. The Labute approximate surface area is 231 Å². The van der Waals surface area contributed by atoms with Crippen LogP contribution in [-0.2, 0) is 0 Å². The van der Waals surface area contributed by atoms with Crippen LogP contribution in [0.2, 0.25) is 0 Å². The second kappa shape index (κ2) is 10.1. The third-order valence-electron chi connectivity index (χ3n) is 8.70. The molecule has 1 atom stereocenters. The van der Waals surface area contributed by atoms with Crippen LogP contribution in [0.15, 0.2) is 42.6 Å². The van der Waals surface area contributed by atoms with Gasteiger partial charge in [0.15, 0.2) is 5.82 Å². The highest BCUT2D eigenvalue weighted by atomic mass is 19.1. The van der Waals surface area contributed by atoms with Gasteiger partial charge in [-0.05, 0) is 61.7 Å². The van der Waals surface area contributed by atoms with Gasteiger partial charge in [-0.1, -0.05) is 24.3 Å². The number of aliphatic hydroxyl groups is 1. The predicted molar refractivity (Wildman–Crippen MR) is 151 cm³/mol. The van der Waals surface area contributed by atoms with E-state index in [1.54, 1.807) is 12.3 Å². The average Bonchev–Trinajstić information content (AvgIpc) is 3.46. The number of aliphatic hydroxyl groups excluding tert-OH is 1. The average molecular weight is 545 g/mol. The maximum atomic E-state index is 16.5. The highest BCUT2D eigenvalue weighted by molar-refractivity contribution is 5.99. The number of ether oxygens (including phenoxy) is 1. The van der Waals surface area contributed by atoms with E-state index in [1.165, 1.54) is 6.07 Å². The first-order valence-corrected chi connectivity index (χ1v) is 14.1. The second-order valence-corrected chi connectivity index (χ2v) is 11.2. The largest absolute Gasteiger partial charge is 0.508 e. The summed E-state index contributed by atoms with van der Waals surface area (Å²) in [6.07, 6.45) is 5.43. The van der Waals surface area contributed by atoms with Gasteiger partial charge >= 0.3 is 6.01 Å². The van der Waals surface area contributed by atoms with Crippen molar-refractivity contribution in [3.63, 3.8) is 0 Å². The molecule has 3 aliphatic rings. The highest BCUT2D eigenvalue weighted by Crippen LogP contribution is 2.40. The van der Waals surface area contributed by atoms with E-state index in [1.807, 2.05) is 29.2 Å². The zero-order valence-electron chi connectivity index (χ0n) is 22.3. The van der Waals surface area contributed by atoms with Crippen molar-refractivity contribution < 1.29 is 19.3 Å². The third-order valence-corrected chi connectivity index (χ3v) is 8.70. The van der Waals surface area contributed by atoms with Crippen molar-refractivity contribution in [3.8, 4) is 23.0 Å².